The van der Waals surface area contributed by atoms with E-state index in [9.17, 15) is 24.1 Å². The summed E-state index contributed by atoms with van der Waals surface area (Å²) < 4.78 is 13.7. The summed E-state index contributed by atoms with van der Waals surface area (Å²) in [6.45, 7) is 2.60. The molecule has 108 valence electrons. The first-order chi connectivity index (χ1) is 9.23. The molecule has 1 aromatic carbocycles. The van der Waals surface area contributed by atoms with Crippen molar-refractivity contribution in [2.24, 2.45) is 0 Å². The van der Waals surface area contributed by atoms with E-state index >= 15 is 0 Å². The second kappa shape index (κ2) is 6.09. The summed E-state index contributed by atoms with van der Waals surface area (Å²) in [5.74, 6) is -3.11. The van der Waals surface area contributed by atoms with Gasteiger partial charge in [-0.25, -0.2) is 4.39 Å². The summed E-state index contributed by atoms with van der Waals surface area (Å²) in [5, 5.41) is 19.2. The first-order valence-corrected chi connectivity index (χ1v) is 5.70. The Labute approximate surface area is 113 Å². The van der Waals surface area contributed by atoms with Gasteiger partial charge in [-0.1, -0.05) is 0 Å². The lowest BCUT2D eigenvalue weighted by molar-refractivity contribution is -0.385. The number of hydrogen-bond donors (Lipinski definition) is 1. The highest BCUT2D eigenvalue weighted by atomic mass is 19.1. The zero-order chi connectivity index (χ0) is 15.4. The third kappa shape index (κ3) is 3.50. The maximum atomic E-state index is 13.7. The van der Waals surface area contributed by atoms with Crippen LogP contribution >= 0.6 is 0 Å². The number of nitrogens with zero attached hydrogens (tertiary/aromatic N) is 2. The maximum absolute atomic E-state index is 13.7. The van der Waals surface area contributed by atoms with Gasteiger partial charge in [0.05, 0.1) is 16.6 Å². The number of carboxylic acid groups (broad SMARTS) is 1. The first kappa shape index (κ1) is 15.5. The molecule has 7 nitrogen and oxygen atoms in total. The molecule has 0 aliphatic carbocycles. The van der Waals surface area contributed by atoms with Gasteiger partial charge in [-0.05, 0) is 19.9 Å². The van der Waals surface area contributed by atoms with Gasteiger partial charge in [-0.2, -0.15) is 0 Å². The lowest BCUT2D eigenvalue weighted by atomic mass is 10.1. The number of halogens is 1. The number of carboxylic acids is 1. The van der Waals surface area contributed by atoms with Crippen LogP contribution in [-0.2, 0) is 4.79 Å². The van der Waals surface area contributed by atoms with Crippen LogP contribution in [0.1, 0.15) is 24.2 Å². The van der Waals surface area contributed by atoms with E-state index in [1.165, 1.54) is 0 Å². The molecule has 0 aliphatic rings. The zero-order valence-corrected chi connectivity index (χ0v) is 10.9. The smallest absolute Gasteiger partial charge is 0.323 e. The summed E-state index contributed by atoms with van der Waals surface area (Å²) in [6.07, 6.45) is 0. The molecule has 0 spiro atoms. The molecule has 1 amide bonds. The lowest BCUT2D eigenvalue weighted by Gasteiger charge is -2.25. The molecule has 8 heteroatoms. The number of rotatable bonds is 5. The molecule has 1 N–H and O–H groups in total. The summed E-state index contributed by atoms with van der Waals surface area (Å²) >= 11 is 0. The van der Waals surface area contributed by atoms with Crippen molar-refractivity contribution in [1.82, 2.24) is 4.90 Å². The fourth-order valence-electron chi connectivity index (χ4n) is 1.58. The maximum Gasteiger partial charge on any atom is 0.323 e. The third-order valence-corrected chi connectivity index (χ3v) is 2.58. The molecule has 0 unspecified atom stereocenters. The van der Waals surface area contributed by atoms with E-state index in [2.05, 4.69) is 0 Å². The van der Waals surface area contributed by atoms with Crippen LogP contribution in [0.3, 0.4) is 0 Å². The Kier molecular flexibility index (Phi) is 4.73. The molecule has 0 heterocycles. The summed E-state index contributed by atoms with van der Waals surface area (Å²) in [7, 11) is 0. The van der Waals surface area contributed by atoms with Crippen molar-refractivity contribution >= 4 is 17.6 Å². The van der Waals surface area contributed by atoms with Gasteiger partial charge in [-0.15, -0.1) is 0 Å². The molecule has 0 radical (unpaired) electrons. The Morgan fingerprint density at radius 3 is 2.45 bits per heavy atom. The predicted molar refractivity (Wildman–Crippen MR) is 66.9 cm³/mol. The SMILES string of the molecule is CC(C)N(CC(=O)O)C(=O)c1ccc([N+](=O)[O-])cc1F. The molecule has 0 aliphatic heterocycles. The summed E-state index contributed by atoms with van der Waals surface area (Å²) in [6, 6.07) is 2.16. The standard InChI is InChI=1S/C12H13FN2O5/c1-7(2)14(6-11(16)17)12(18)9-4-3-8(15(19)20)5-10(9)13/h3-5,7H,6H2,1-2H3,(H,16,17). The Bertz CT molecular complexity index is 559. The summed E-state index contributed by atoms with van der Waals surface area (Å²) in [4.78, 5) is 33.4. The molecule has 0 bridgehead atoms. The minimum atomic E-state index is -1.23. The molecule has 0 fully saturated rings. The minimum absolute atomic E-state index is 0.398. The Morgan fingerprint density at radius 1 is 1.45 bits per heavy atom. The van der Waals surface area contributed by atoms with Crippen molar-refractivity contribution in [2.45, 2.75) is 19.9 Å². The van der Waals surface area contributed by atoms with Gasteiger partial charge < -0.3 is 10.0 Å². The van der Waals surface area contributed by atoms with Gasteiger partial charge in [0, 0.05) is 12.1 Å². The molecule has 0 aromatic heterocycles. The van der Waals surface area contributed by atoms with Crippen LogP contribution in [0.2, 0.25) is 0 Å². The van der Waals surface area contributed by atoms with Crippen molar-refractivity contribution in [3.8, 4) is 0 Å². The van der Waals surface area contributed by atoms with E-state index in [0.29, 0.717) is 6.07 Å². The second-order valence-electron chi connectivity index (χ2n) is 4.34. The van der Waals surface area contributed by atoms with Gasteiger partial charge >= 0.3 is 5.97 Å². The molecular weight excluding hydrogens is 271 g/mol. The van der Waals surface area contributed by atoms with Crippen LogP contribution in [0.5, 0.6) is 0 Å². The van der Waals surface area contributed by atoms with Crippen LogP contribution < -0.4 is 0 Å². The Morgan fingerprint density at radius 2 is 2.05 bits per heavy atom. The van der Waals surface area contributed by atoms with Crippen molar-refractivity contribution in [3.63, 3.8) is 0 Å². The van der Waals surface area contributed by atoms with E-state index in [0.717, 1.165) is 17.0 Å². The lowest BCUT2D eigenvalue weighted by Crippen LogP contribution is -2.41. The van der Waals surface area contributed by atoms with Crippen LogP contribution in [0.4, 0.5) is 10.1 Å². The largest absolute Gasteiger partial charge is 0.480 e. The highest BCUT2D eigenvalue weighted by Gasteiger charge is 2.24. The monoisotopic (exact) mass is 284 g/mol. The number of aliphatic carboxylic acids is 1. The number of benzene rings is 1. The third-order valence-electron chi connectivity index (χ3n) is 2.58. The van der Waals surface area contributed by atoms with E-state index < -0.39 is 46.5 Å². The van der Waals surface area contributed by atoms with Gasteiger partial charge in [0.1, 0.15) is 12.4 Å². The van der Waals surface area contributed by atoms with Crippen LogP contribution in [-0.4, -0.2) is 39.4 Å². The molecule has 20 heavy (non-hydrogen) atoms. The van der Waals surface area contributed by atoms with Crippen LogP contribution in [0, 0.1) is 15.9 Å². The minimum Gasteiger partial charge on any atom is -0.480 e. The van der Waals surface area contributed by atoms with Crippen molar-refractivity contribution in [3.05, 3.63) is 39.7 Å². The number of nitro groups is 1. The quantitative estimate of drug-likeness (QED) is 0.654. The molecule has 0 atom stereocenters. The molecule has 0 saturated heterocycles. The number of non-ortho nitro benzene ring substituents is 1. The average Bonchev–Trinajstić information content (AvgIpc) is 2.34. The van der Waals surface area contributed by atoms with Crippen molar-refractivity contribution in [2.75, 3.05) is 6.54 Å². The molecule has 1 aromatic rings. The topological polar surface area (TPSA) is 101 Å². The first-order valence-electron chi connectivity index (χ1n) is 5.70. The molecule has 0 saturated carbocycles. The number of carbonyl (C=O) groups is 2. The van der Waals surface area contributed by atoms with E-state index in [1.54, 1.807) is 13.8 Å². The van der Waals surface area contributed by atoms with Gasteiger partial charge in [0.2, 0.25) is 0 Å². The van der Waals surface area contributed by atoms with Gasteiger partial charge in [-0.3, -0.25) is 19.7 Å². The van der Waals surface area contributed by atoms with Gasteiger partial charge in [0.25, 0.3) is 11.6 Å². The predicted octanol–water partition coefficient (Wildman–Crippen LogP) is 1.67. The fourth-order valence-corrected chi connectivity index (χ4v) is 1.58. The van der Waals surface area contributed by atoms with Crippen molar-refractivity contribution in [1.29, 1.82) is 0 Å². The number of amides is 1. The van der Waals surface area contributed by atoms with Crippen LogP contribution in [0.15, 0.2) is 18.2 Å². The highest BCUT2D eigenvalue weighted by Crippen LogP contribution is 2.18. The number of nitro benzene ring substituents is 1. The normalized spacial score (nSPS) is 10.4. The van der Waals surface area contributed by atoms with Crippen molar-refractivity contribution < 1.29 is 24.0 Å². The van der Waals surface area contributed by atoms with E-state index in [-0.39, 0.29) is 0 Å². The zero-order valence-electron chi connectivity index (χ0n) is 10.9. The summed E-state index contributed by atoms with van der Waals surface area (Å²) in [5.41, 5.74) is -0.876. The molecule has 1 rings (SSSR count). The van der Waals surface area contributed by atoms with E-state index in [1.807, 2.05) is 0 Å². The fraction of sp³-hybridized carbons (Fsp3) is 0.333. The molecular formula is C12H13FN2O5. The van der Waals surface area contributed by atoms with Crippen LogP contribution in [0.25, 0.3) is 0 Å². The number of hydrogen-bond acceptors (Lipinski definition) is 4. The highest BCUT2D eigenvalue weighted by molar-refractivity contribution is 5.96. The Hall–Kier alpha value is -2.51. The number of carbonyl (C=O) groups excluding carboxylic acids is 1. The van der Waals surface area contributed by atoms with E-state index in [4.69, 9.17) is 5.11 Å². The second-order valence-corrected chi connectivity index (χ2v) is 4.34. The average molecular weight is 284 g/mol. The van der Waals surface area contributed by atoms with Gasteiger partial charge in [0.15, 0.2) is 0 Å². The Balaban J connectivity index is 3.12.